The number of benzene rings is 2. The van der Waals surface area contributed by atoms with E-state index in [4.69, 9.17) is 9.94 Å². The highest BCUT2D eigenvalue weighted by atomic mass is 32.3. The number of ether oxygens (including phenoxy) is 1. The Kier molecular flexibility index (Phi) is 6.34. The quantitative estimate of drug-likeness (QED) is 0.314. The van der Waals surface area contributed by atoms with Gasteiger partial charge in [0.05, 0.1) is 12.8 Å². The molecule has 1 aliphatic rings. The number of halogens is 1. The number of quaternary nitrogens is 1. The first-order valence-electron chi connectivity index (χ1n) is 9.04. The smallest absolute Gasteiger partial charge is 0.342 e. The summed E-state index contributed by atoms with van der Waals surface area (Å²) in [6, 6.07) is 8.51. The Morgan fingerprint density at radius 2 is 1.65 bits per heavy atom. The third-order valence-corrected chi connectivity index (χ3v) is 10.0. The molecular weight excluding hydrogens is 453 g/mol. The average Bonchev–Trinajstić information content (AvgIpc) is 2.74. The van der Waals surface area contributed by atoms with E-state index in [2.05, 4.69) is 5.32 Å². The van der Waals surface area contributed by atoms with Gasteiger partial charge in [0.25, 0.3) is 0 Å². The van der Waals surface area contributed by atoms with Crippen LogP contribution in [0.5, 0.6) is 11.5 Å². The van der Waals surface area contributed by atoms with Crippen molar-refractivity contribution in [1.29, 1.82) is 0 Å². The van der Waals surface area contributed by atoms with Crippen molar-refractivity contribution in [3.05, 3.63) is 54.3 Å². The Morgan fingerprint density at radius 1 is 1.10 bits per heavy atom. The maximum absolute atomic E-state index is 13.5. The molecule has 1 aliphatic heterocycles. The molecule has 2 aromatic rings. The van der Waals surface area contributed by atoms with E-state index in [0.717, 1.165) is 18.4 Å². The van der Waals surface area contributed by atoms with E-state index in [1.165, 1.54) is 41.9 Å². The zero-order valence-electron chi connectivity index (χ0n) is 16.4. The SMILES string of the molecule is CS(=O)(=O)[N@@+]1(S(=O)(=O)c2ccc(Oc3ccc(F)cc3)cc2)CCNCC1C(=O)NO. The highest BCUT2D eigenvalue weighted by molar-refractivity contribution is 7.98. The Labute approximate surface area is 178 Å². The number of sulfonamides is 2. The van der Waals surface area contributed by atoms with Gasteiger partial charge in [0, 0.05) is 6.54 Å². The number of nitrogens with zero attached hydrogens (tertiary/aromatic N) is 1. The largest absolute Gasteiger partial charge is 0.457 e. The number of hydroxylamine groups is 1. The lowest BCUT2D eigenvalue weighted by atomic mass is 10.2. The Morgan fingerprint density at radius 3 is 2.16 bits per heavy atom. The highest BCUT2D eigenvalue weighted by Gasteiger charge is 2.61. The zero-order valence-corrected chi connectivity index (χ0v) is 18.0. The van der Waals surface area contributed by atoms with Crippen molar-refractivity contribution in [2.75, 3.05) is 25.9 Å². The highest BCUT2D eigenvalue weighted by Crippen LogP contribution is 2.34. The van der Waals surface area contributed by atoms with Gasteiger partial charge >= 0.3 is 26.0 Å². The molecule has 10 nitrogen and oxygen atoms in total. The van der Waals surface area contributed by atoms with Crippen LogP contribution in [0.15, 0.2) is 53.4 Å². The minimum absolute atomic E-state index is 0.0211. The predicted molar refractivity (Wildman–Crippen MR) is 107 cm³/mol. The summed E-state index contributed by atoms with van der Waals surface area (Å²) in [4.78, 5) is 11.9. The molecule has 2 aromatic carbocycles. The molecule has 3 rings (SSSR count). The first-order valence-corrected chi connectivity index (χ1v) is 12.3. The molecule has 0 spiro atoms. The predicted octanol–water partition coefficient (Wildman–Crippen LogP) is 0.560. The molecule has 0 radical (unpaired) electrons. The van der Waals surface area contributed by atoms with Gasteiger partial charge in [-0.1, -0.05) is 3.29 Å². The number of nitrogens with one attached hydrogen (secondary N) is 2. The number of piperazine rings is 1. The van der Waals surface area contributed by atoms with Crippen LogP contribution in [0, 0.1) is 5.82 Å². The number of hydrogen-bond acceptors (Lipinski definition) is 8. The lowest BCUT2D eigenvalue weighted by Gasteiger charge is -2.41. The Balaban J connectivity index is 2.02. The van der Waals surface area contributed by atoms with E-state index < -0.39 is 47.7 Å². The van der Waals surface area contributed by atoms with Crippen LogP contribution in [0.1, 0.15) is 0 Å². The maximum Gasteiger partial charge on any atom is 0.342 e. The molecule has 0 aromatic heterocycles. The molecule has 0 saturated carbocycles. The fraction of sp³-hybridized carbons (Fsp3) is 0.278. The molecule has 1 saturated heterocycles. The number of carbonyl (C=O) groups is 1. The van der Waals surface area contributed by atoms with Crippen LogP contribution in [0.25, 0.3) is 0 Å². The Bertz CT molecular complexity index is 1170. The van der Waals surface area contributed by atoms with E-state index in [1.54, 1.807) is 0 Å². The topological polar surface area (TPSA) is 139 Å². The summed E-state index contributed by atoms with van der Waals surface area (Å²) in [5, 5.41) is 11.8. The van der Waals surface area contributed by atoms with Gasteiger partial charge in [0.1, 0.15) is 28.8 Å². The molecule has 1 unspecified atom stereocenters. The third kappa shape index (κ3) is 4.14. The molecule has 2 atom stereocenters. The molecule has 1 heterocycles. The second kappa shape index (κ2) is 8.51. The Hall–Kier alpha value is -2.58. The molecule has 13 heteroatoms. The van der Waals surface area contributed by atoms with Crippen molar-refractivity contribution in [2.24, 2.45) is 0 Å². The minimum Gasteiger partial charge on any atom is -0.457 e. The standard InChI is InChI=1S/C18H20FN3O7S2/c1-30(25,26)22(11-10-20-12-17(22)18(23)21-24)31(27,28)16-8-6-15(7-9-16)29-14-4-2-13(19)3-5-14/h2-9,17,20H,10-12H2,1H3,(H-,21,23,24)/p+1/t17?,22-/m1/s1. The first kappa shape index (κ1) is 23.1. The lowest BCUT2D eigenvalue weighted by Crippen LogP contribution is -2.72. The van der Waals surface area contributed by atoms with Crippen molar-refractivity contribution >= 4 is 26.0 Å². The summed E-state index contributed by atoms with van der Waals surface area (Å²) in [5.74, 6) is -1.03. The van der Waals surface area contributed by atoms with E-state index in [1.807, 2.05) is 0 Å². The summed E-state index contributed by atoms with van der Waals surface area (Å²) in [7, 11) is -9.04. The summed E-state index contributed by atoms with van der Waals surface area (Å²) in [6.45, 7) is -0.690. The van der Waals surface area contributed by atoms with Gasteiger partial charge in [0.2, 0.25) is 6.04 Å². The average molecular weight is 475 g/mol. The van der Waals surface area contributed by atoms with Crippen LogP contribution in [-0.4, -0.2) is 63.2 Å². The van der Waals surface area contributed by atoms with Crippen molar-refractivity contribution in [2.45, 2.75) is 10.9 Å². The summed E-state index contributed by atoms with van der Waals surface area (Å²) in [5.41, 5.74) is 1.36. The van der Waals surface area contributed by atoms with Crippen molar-refractivity contribution in [1.82, 2.24) is 10.8 Å². The van der Waals surface area contributed by atoms with E-state index >= 15 is 0 Å². The molecule has 0 aliphatic carbocycles. The van der Waals surface area contributed by atoms with Crippen LogP contribution in [0.2, 0.25) is 0 Å². The van der Waals surface area contributed by atoms with Crippen LogP contribution >= 0.6 is 0 Å². The van der Waals surface area contributed by atoms with E-state index in [0.29, 0.717) is 5.75 Å². The van der Waals surface area contributed by atoms with Gasteiger partial charge in [-0.05, 0) is 48.5 Å². The monoisotopic (exact) mass is 474 g/mol. The van der Waals surface area contributed by atoms with E-state index in [9.17, 15) is 26.0 Å². The van der Waals surface area contributed by atoms with Crippen LogP contribution in [0.4, 0.5) is 4.39 Å². The van der Waals surface area contributed by atoms with Gasteiger partial charge in [0.15, 0.2) is 0 Å². The van der Waals surface area contributed by atoms with Gasteiger partial charge in [-0.15, -0.1) is 0 Å². The van der Waals surface area contributed by atoms with Gasteiger partial charge in [-0.3, -0.25) is 10.0 Å². The lowest BCUT2D eigenvalue weighted by molar-refractivity contribution is -0.697. The second-order valence-electron chi connectivity index (χ2n) is 6.88. The fourth-order valence-corrected chi connectivity index (χ4v) is 7.89. The number of amides is 1. The molecule has 3 N–H and O–H groups in total. The van der Waals surface area contributed by atoms with Crippen LogP contribution < -0.4 is 15.5 Å². The third-order valence-electron chi connectivity index (χ3n) is 4.96. The zero-order chi connectivity index (χ0) is 22.9. The van der Waals surface area contributed by atoms with Gasteiger partial charge < -0.3 is 10.1 Å². The van der Waals surface area contributed by atoms with Gasteiger partial charge in [-0.2, -0.15) is 16.8 Å². The maximum atomic E-state index is 13.5. The summed E-state index contributed by atoms with van der Waals surface area (Å²) >= 11 is 0. The molecular formula is C18H21FN3O7S2+. The van der Waals surface area contributed by atoms with Crippen LogP contribution in [-0.2, 0) is 24.8 Å². The van der Waals surface area contributed by atoms with Crippen molar-refractivity contribution < 1.29 is 39.3 Å². The minimum atomic E-state index is -4.65. The molecule has 1 amide bonds. The normalized spacial score (nSPS) is 22.0. The van der Waals surface area contributed by atoms with Gasteiger partial charge in [-0.25, -0.2) is 9.87 Å². The first-order chi connectivity index (χ1) is 14.5. The molecule has 31 heavy (non-hydrogen) atoms. The molecule has 0 bridgehead atoms. The van der Waals surface area contributed by atoms with Crippen molar-refractivity contribution in [3.63, 3.8) is 0 Å². The number of carbonyl (C=O) groups excluding carboxylic acids is 1. The number of hydrogen-bond donors (Lipinski definition) is 3. The summed E-state index contributed by atoms with van der Waals surface area (Å²) in [6.07, 6.45) is 0.736. The summed E-state index contributed by atoms with van der Waals surface area (Å²) < 4.78 is 69.5. The van der Waals surface area contributed by atoms with Crippen LogP contribution in [0.3, 0.4) is 0 Å². The van der Waals surface area contributed by atoms with Crippen molar-refractivity contribution in [3.8, 4) is 11.5 Å². The number of rotatable bonds is 6. The molecule has 168 valence electrons. The second-order valence-corrected chi connectivity index (χ2v) is 11.3. The molecule has 1 fully saturated rings. The fourth-order valence-electron chi connectivity index (χ4n) is 3.47. The van der Waals surface area contributed by atoms with E-state index in [-0.39, 0.29) is 23.7 Å².